The summed E-state index contributed by atoms with van der Waals surface area (Å²) in [4.78, 5) is 11.2. The number of benzene rings is 1. The monoisotopic (exact) mass is 203 g/mol. The second-order valence-corrected chi connectivity index (χ2v) is 3.18. The summed E-state index contributed by atoms with van der Waals surface area (Å²) in [5, 5.41) is 12.8. The van der Waals surface area contributed by atoms with Gasteiger partial charge >= 0.3 is 0 Å². The fraction of sp³-hybridized carbons (Fsp3) is 0.0909. The lowest BCUT2D eigenvalue weighted by Gasteiger charge is -1.98. The van der Waals surface area contributed by atoms with Gasteiger partial charge in [-0.15, -0.1) is 0 Å². The third kappa shape index (κ3) is 1.74. The Kier molecular flexibility index (Phi) is 2.25. The fourth-order valence-corrected chi connectivity index (χ4v) is 1.34. The number of Topliss-reactive ketones (excluding diaryl/α,β-unsaturated/α-hetero) is 1. The van der Waals surface area contributed by atoms with E-state index in [9.17, 15) is 4.79 Å². The van der Waals surface area contributed by atoms with E-state index in [2.05, 4.69) is 5.16 Å². The second-order valence-electron chi connectivity index (χ2n) is 3.18. The van der Waals surface area contributed by atoms with E-state index >= 15 is 0 Å². The Balaban J connectivity index is 2.49. The standard InChI is InChI=1S/C11H9NO3/c1-7(13)11-10(6-15-12-11)8-2-4-9(14)5-3-8/h2-6,14H,1H3. The van der Waals surface area contributed by atoms with Crippen LogP contribution in [0.25, 0.3) is 11.1 Å². The van der Waals surface area contributed by atoms with E-state index in [0.29, 0.717) is 11.3 Å². The van der Waals surface area contributed by atoms with Crippen molar-refractivity contribution in [2.75, 3.05) is 0 Å². The number of ketones is 1. The van der Waals surface area contributed by atoms with Crippen LogP contribution >= 0.6 is 0 Å². The molecule has 0 amide bonds. The van der Waals surface area contributed by atoms with Crippen LogP contribution < -0.4 is 0 Å². The van der Waals surface area contributed by atoms with Gasteiger partial charge in [0, 0.05) is 6.92 Å². The second kappa shape index (κ2) is 3.57. The molecular weight excluding hydrogens is 194 g/mol. The maximum Gasteiger partial charge on any atom is 0.182 e. The molecule has 0 bridgehead atoms. The largest absolute Gasteiger partial charge is 0.508 e. The molecule has 0 aliphatic carbocycles. The van der Waals surface area contributed by atoms with Crippen molar-refractivity contribution in [3.05, 3.63) is 36.2 Å². The Bertz CT molecular complexity index is 485. The minimum absolute atomic E-state index is 0.146. The molecule has 0 saturated heterocycles. The highest BCUT2D eigenvalue weighted by Gasteiger charge is 2.13. The van der Waals surface area contributed by atoms with E-state index in [1.54, 1.807) is 24.3 Å². The summed E-state index contributed by atoms with van der Waals surface area (Å²) in [5.41, 5.74) is 1.74. The van der Waals surface area contributed by atoms with Gasteiger partial charge < -0.3 is 9.63 Å². The van der Waals surface area contributed by atoms with Gasteiger partial charge in [-0.05, 0) is 17.7 Å². The smallest absolute Gasteiger partial charge is 0.182 e. The molecule has 2 rings (SSSR count). The van der Waals surface area contributed by atoms with E-state index < -0.39 is 0 Å². The molecule has 0 aliphatic rings. The van der Waals surface area contributed by atoms with Gasteiger partial charge in [-0.2, -0.15) is 0 Å². The van der Waals surface area contributed by atoms with Crippen LogP contribution in [0.5, 0.6) is 5.75 Å². The summed E-state index contributed by atoms with van der Waals surface area (Å²) in [7, 11) is 0. The zero-order valence-corrected chi connectivity index (χ0v) is 8.10. The molecule has 1 aromatic carbocycles. The number of phenols is 1. The van der Waals surface area contributed by atoms with Gasteiger partial charge in [0.1, 0.15) is 12.0 Å². The minimum atomic E-state index is -0.146. The zero-order chi connectivity index (χ0) is 10.8. The predicted molar refractivity (Wildman–Crippen MR) is 53.6 cm³/mol. The van der Waals surface area contributed by atoms with Crippen LogP contribution in [0.4, 0.5) is 0 Å². The number of aromatic nitrogens is 1. The Labute approximate surface area is 86.1 Å². The summed E-state index contributed by atoms with van der Waals surface area (Å²) in [6.45, 7) is 1.43. The van der Waals surface area contributed by atoms with Crippen molar-refractivity contribution in [2.24, 2.45) is 0 Å². The molecule has 0 saturated carbocycles. The molecule has 15 heavy (non-hydrogen) atoms. The minimum Gasteiger partial charge on any atom is -0.508 e. The number of carbonyl (C=O) groups is 1. The molecule has 0 aliphatic heterocycles. The zero-order valence-electron chi connectivity index (χ0n) is 8.10. The molecule has 4 heteroatoms. The topological polar surface area (TPSA) is 63.3 Å². The normalized spacial score (nSPS) is 10.2. The van der Waals surface area contributed by atoms with Crippen molar-refractivity contribution in [3.63, 3.8) is 0 Å². The Morgan fingerprint density at radius 2 is 2.00 bits per heavy atom. The van der Waals surface area contributed by atoms with Crippen molar-refractivity contribution >= 4 is 5.78 Å². The lowest BCUT2D eigenvalue weighted by Crippen LogP contribution is -1.94. The molecule has 2 aromatic rings. The number of carbonyl (C=O) groups excluding carboxylic acids is 1. The summed E-state index contributed by atoms with van der Waals surface area (Å²) in [5.74, 6) is 0.0337. The summed E-state index contributed by atoms with van der Waals surface area (Å²) in [6, 6.07) is 6.50. The van der Waals surface area contributed by atoms with Crippen molar-refractivity contribution in [2.45, 2.75) is 6.92 Å². The van der Waals surface area contributed by atoms with E-state index in [1.807, 2.05) is 0 Å². The average molecular weight is 203 g/mol. The van der Waals surface area contributed by atoms with Crippen molar-refractivity contribution in [1.29, 1.82) is 0 Å². The molecule has 0 fully saturated rings. The van der Waals surface area contributed by atoms with E-state index in [1.165, 1.54) is 13.2 Å². The Morgan fingerprint density at radius 3 is 2.60 bits per heavy atom. The van der Waals surface area contributed by atoms with Gasteiger partial charge in [-0.1, -0.05) is 17.3 Å². The molecule has 0 atom stereocenters. The van der Waals surface area contributed by atoms with Crippen LogP contribution in [0.3, 0.4) is 0 Å². The van der Waals surface area contributed by atoms with E-state index in [0.717, 1.165) is 5.56 Å². The molecule has 0 spiro atoms. The van der Waals surface area contributed by atoms with E-state index in [-0.39, 0.29) is 11.5 Å². The number of phenolic OH excluding ortho intramolecular Hbond substituents is 1. The van der Waals surface area contributed by atoms with Crippen molar-refractivity contribution in [1.82, 2.24) is 5.16 Å². The first-order chi connectivity index (χ1) is 7.18. The van der Waals surface area contributed by atoms with Crippen LogP contribution in [0.15, 0.2) is 35.1 Å². The first-order valence-corrected chi connectivity index (χ1v) is 4.43. The van der Waals surface area contributed by atoms with Crippen LogP contribution in [-0.4, -0.2) is 16.0 Å². The van der Waals surface area contributed by atoms with Crippen molar-refractivity contribution < 1.29 is 14.4 Å². The van der Waals surface area contributed by atoms with Crippen LogP contribution in [0.1, 0.15) is 17.4 Å². The first kappa shape index (κ1) is 9.45. The maximum atomic E-state index is 11.2. The van der Waals surface area contributed by atoms with Gasteiger partial charge in [0.2, 0.25) is 0 Å². The highest BCUT2D eigenvalue weighted by Crippen LogP contribution is 2.24. The molecule has 0 radical (unpaired) electrons. The van der Waals surface area contributed by atoms with E-state index in [4.69, 9.17) is 9.63 Å². The molecular formula is C11H9NO3. The molecule has 1 aromatic heterocycles. The highest BCUT2D eigenvalue weighted by atomic mass is 16.5. The van der Waals surface area contributed by atoms with Crippen molar-refractivity contribution in [3.8, 4) is 16.9 Å². The third-order valence-electron chi connectivity index (χ3n) is 2.08. The number of hydrogen-bond donors (Lipinski definition) is 1. The third-order valence-corrected chi connectivity index (χ3v) is 2.08. The average Bonchev–Trinajstić information content (AvgIpc) is 2.67. The molecule has 1 heterocycles. The number of nitrogens with zero attached hydrogens (tertiary/aromatic N) is 1. The predicted octanol–water partition coefficient (Wildman–Crippen LogP) is 2.25. The first-order valence-electron chi connectivity index (χ1n) is 4.43. The summed E-state index contributed by atoms with van der Waals surface area (Å²) in [6.07, 6.45) is 1.42. The van der Waals surface area contributed by atoms with Crippen LogP contribution in [0.2, 0.25) is 0 Å². The van der Waals surface area contributed by atoms with Gasteiger partial charge in [-0.25, -0.2) is 0 Å². The molecule has 1 N–H and O–H groups in total. The lowest BCUT2D eigenvalue weighted by atomic mass is 10.1. The maximum absolute atomic E-state index is 11.2. The van der Waals surface area contributed by atoms with Gasteiger partial charge in [-0.3, -0.25) is 4.79 Å². The summed E-state index contributed by atoms with van der Waals surface area (Å²) < 4.78 is 4.76. The number of hydrogen-bond acceptors (Lipinski definition) is 4. The quantitative estimate of drug-likeness (QED) is 0.760. The molecule has 76 valence electrons. The lowest BCUT2D eigenvalue weighted by molar-refractivity contribution is 0.101. The fourth-order valence-electron chi connectivity index (χ4n) is 1.34. The van der Waals surface area contributed by atoms with Gasteiger partial charge in [0.05, 0.1) is 5.56 Å². The van der Waals surface area contributed by atoms with Crippen LogP contribution in [0, 0.1) is 0 Å². The van der Waals surface area contributed by atoms with Crippen LogP contribution in [-0.2, 0) is 0 Å². The van der Waals surface area contributed by atoms with Gasteiger partial charge in [0.25, 0.3) is 0 Å². The Morgan fingerprint density at radius 1 is 1.33 bits per heavy atom. The Hall–Kier alpha value is -2.10. The highest BCUT2D eigenvalue weighted by molar-refractivity contribution is 5.98. The molecule has 0 unspecified atom stereocenters. The molecule has 4 nitrogen and oxygen atoms in total. The SMILES string of the molecule is CC(=O)c1nocc1-c1ccc(O)cc1. The summed E-state index contributed by atoms with van der Waals surface area (Å²) >= 11 is 0. The number of aromatic hydroxyl groups is 1. The van der Waals surface area contributed by atoms with Gasteiger partial charge in [0.15, 0.2) is 11.5 Å². The number of rotatable bonds is 2.